The molecular formula is C15H14ClN3O2. The summed E-state index contributed by atoms with van der Waals surface area (Å²) >= 11 is 5.76. The zero-order valence-electron chi connectivity index (χ0n) is 11.4. The van der Waals surface area contributed by atoms with Crippen molar-refractivity contribution in [2.24, 2.45) is 5.10 Å². The van der Waals surface area contributed by atoms with E-state index < -0.39 is 0 Å². The maximum atomic E-state index is 11.6. The first-order valence-corrected chi connectivity index (χ1v) is 6.66. The van der Waals surface area contributed by atoms with Gasteiger partial charge in [0.15, 0.2) is 6.61 Å². The first kappa shape index (κ1) is 15.0. The van der Waals surface area contributed by atoms with E-state index in [2.05, 4.69) is 15.5 Å². The Kier molecular flexibility index (Phi) is 5.29. The van der Waals surface area contributed by atoms with Gasteiger partial charge < -0.3 is 4.74 Å². The molecule has 0 saturated heterocycles. The van der Waals surface area contributed by atoms with E-state index in [1.807, 2.05) is 18.2 Å². The van der Waals surface area contributed by atoms with Crippen LogP contribution in [0.3, 0.4) is 0 Å². The molecule has 0 fully saturated rings. The van der Waals surface area contributed by atoms with Crippen LogP contribution in [0.2, 0.25) is 5.02 Å². The van der Waals surface area contributed by atoms with Crippen molar-refractivity contribution in [2.75, 3.05) is 6.61 Å². The molecule has 0 aliphatic rings. The van der Waals surface area contributed by atoms with Gasteiger partial charge in [-0.3, -0.25) is 9.78 Å². The van der Waals surface area contributed by atoms with Crippen LogP contribution in [0.1, 0.15) is 12.6 Å². The molecule has 1 aromatic heterocycles. The second-order valence-corrected chi connectivity index (χ2v) is 4.63. The van der Waals surface area contributed by atoms with Gasteiger partial charge in [-0.05, 0) is 43.3 Å². The molecule has 21 heavy (non-hydrogen) atoms. The summed E-state index contributed by atoms with van der Waals surface area (Å²) in [6, 6.07) is 12.3. The molecule has 0 radical (unpaired) electrons. The minimum atomic E-state index is -0.347. The van der Waals surface area contributed by atoms with E-state index >= 15 is 0 Å². The maximum Gasteiger partial charge on any atom is 0.277 e. The number of nitrogens with one attached hydrogen (secondary N) is 1. The summed E-state index contributed by atoms with van der Waals surface area (Å²) in [5.41, 5.74) is 3.75. The highest BCUT2D eigenvalue weighted by molar-refractivity contribution is 6.30. The maximum absolute atomic E-state index is 11.6. The number of nitrogens with zero attached hydrogens (tertiary/aromatic N) is 2. The Balaban J connectivity index is 1.83. The Morgan fingerprint density at radius 1 is 1.29 bits per heavy atom. The molecule has 2 aromatic rings. The molecule has 1 amide bonds. The van der Waals surface area contributed by atoms with E-state index in [0.717, 1.165) is 0 Å². The van der Waals surface area contributed by atoms with Crippen LogP contribution in [0, 0.1) is 0 Å². The van der Waals surface area contributed by atoms with E-state index in [0.29, 0.717) is 22.2 Å². The largest absolute Gasteiger partial charge is 0.484 e. The molecule has 2 rings (SSSR count). The minimum absolute atomic E-state index is 0.124. The van der Waals surface area contributed by atoms with E-state index in [4.69, 9.17) is 16.3 Å². The molecule has 108 valence electrons. The third-order valence-corrected chi connectivity index (χ3v) is 2.82. The third-order valence-electron chi connectivity index (χ3n) is 2.57. The van der Waals surface area contributed by atoms with Gasteiger partial charge in [-0.1, -0.05) is 17.7 Å². The summed E-state index contributed by atoms with van der Waals surface area (Å²) in [5, 5.41) is 4.59. The van der Waals surface area contributed by atoms with Crippen LogP contribution >= 0.6 is 11.6 Å². The Bertz CT molecular complexity index is 627. The lowest BCUT2D eigenvalue weighted by molar-refractivity contribution is -0.123. The van der Waals surface area contributed by atoms with Gasteiger partial charge in [-0.2, -0.15) is 5.10 Å². The molecule has 0 aliphatic carbocycles. The Hall–Kier alpha value is -2.40. The number of ether oxygens (including phenoxy) is 1. The quantitative estimate of drug-likeness (QED) is 0.682. The SMILES string of the molecule is C/C(=N/NC(=O)COc1ccc(Cl)cc1)c1ccccn1. The van der Waals surface area contributed by atoms with Crippen LogP contribution in [0.15, 0.2) is 53.8 Å². The van der Waals surface area contributed by atoms with Gasteiger partial charge in [0.1, 0.15) is 5.75 Å². The average molecular weight is 304 g/mol. The number of carbonyl (C=O) groups excluding carboxylic acids is 1. The number of amides is 1. The number of halogens is 1. The van der Waals surface area contributed by atoms with Crippen molar-refractivity contribution in [3.63, 3.8) is 0 Å². The molecule has 0 atom stereocenters. The van der Waals surface area contributed by atoms with Crippen molar-refractivity contribution in [1.82, 2.24) is 10.4 Å². The van der Waals surface area contributed by atoms with Crippen LogP contribution in [0.5, 0.6) is 5.75 Å². The predicted octanol–water partition coefficient (Wildman–Crippen LogP) is 2.65. The molecule has 0 unspecified atom stereocenters. The van der Waals surface area contributed by atoms with Crippen LogP contribution in [0.4, 0.5) is 0 Å². The fourth-order valence-corrected chi connectivity index (χ4v) is 1.62. The fraction of sp³-hybridized carbons (Fsp3) is 0.133. The van der Waals surface area contributed by atoms with Crippen molar-refractivity contribution >= 4 is 23.2 Å². The van der Waals surface area contributed by atoms with Gasteiger partial charge in [0.05, 0.1) is 11.4 Å². The number of hydrazone groups is 1. The van der Waals surface area contributed by atoms with Gasteiger partial charge >= 0.3 is 0 Å². The summed E-state index contributed by atoms with van der Waals surface area (Å²) in [5.74, 6) is 0.222. The van der Waals surface area contributed by atoms with Crippen LogP contribution in [-0.2, 0) is 4.79 Å². The van der Waals surface area contributed by atoms with Crippen molar-refractivity contribution in [2.45, 2.75) is 6.92 Å². The van der Waals surface area contributed by atoms with E-state index in [1.54, 1.807) is 37.4 Å². The number of benzene rings is 1. The van der Waals surface area contributed by atoms with E-state index in [-0.39, 0.29) is 12.5 Å². The van der Waals surface area contributed by atoms with Crippen molar-refractivity contribution in [3.8, 4) is 5.75 Å². The summed E-state index contributed by atoms with van der Waals surface area (Å²) in [4.78, 5) is 15.8. The van der Waals surface area contributed by atoms with Crippen LogP contribution < -0.4 is 10.2 Å². The first-order valence-electron chi connectivity index (χ1n) is 6.28. The van der Waals surface area contributed by atoms with Crippen molar-refractivity contribution in [1.29, 1.82) is 0 Å². The molecule has 0 bridgehead atoms. The molecular weight excluding hydrogens is 290 g/mol. The van der Waals surface area contributed by atoms with Gasteiger partial charge in [0, 0.05) is 11.2 Å². The second kappa shape index (κ2) is 7.40. The summed E-state index contributed by atoms with van der Waals surface area (Å²) in [6.07, 6.45) is 1.67. The molecule has 0 spiro atoms. The number of carbonyl (C=O) groups is 1. The Labute approximate surface area is 127 Å². The lowest BCUT2D eigenvalue weighted by atomic mass is 10.3. The summed E-state index contributed by atoms with van der Waals surface area (Å²) in [7, 11) is 0. The minimum Gasteiger partial charge on any atom is -0.484 e. The zero-order chi connectivity index (χ0) is 15.1. The fourth-order valence-electron chi connectivity index (χ4n) is 1.49. The highest BCUT2D eigenvalue weighted by Gasteiger charge is 2.03. The Morgan fingerprint density at radius 2 is 2.05 bits per heavy atom. The summed E-state index contributed by atoms with van der Waals surface area (Å²) < 4.78 is 5.31. The average Bonchev–Trinajstić information content (AvgIpc) is 2.53. The highest BCUT2D eigenvalue weighted by atomic mass is 35.5. The second-order valence-electron chi connectivity index (χ2n) is 4.19. The standard InChI is InChI=1S/C15H14ClN3O2/c1-11(14-4-2-3-9-17-14)18-19-15(20)10-21-13-7-5-12(16)6-8-13/h2-9H,10H2,1H3,(H,19,20)/b18-11-. The number of hydrogen-bond donors (Lipinski definition) is 1. The Morgan fingerprint density at radius 3 is 2.71 bits per heavy atom. The molecule has 6 heteroatoms. The molecule has 1 N–H and O–H groups in total. The number of pyridine rings is 1. The number of aromatic nitrogens is 1. The van der Waals surface area contributed by atoms with Gasteiger partial charge in [0.25, 0.3) is 5.91 Å². The van der Waals surface area contributed by atoms with Gasteiger partial charge in [-0.15, -0.1) is 0 Å². The van der Waals surface area contributed by atoms with Crippen LogP contribution in [0.25, 0.3) is 0 Å². The van der Waals surface area contributed by atoms with E-state index in [1.165, 1.54) is 0 Å². The molecule has 5 nitrogen and oxygen atoms in total. The number of rotatable bonds is 5. The zero-order valence-corrected chi connectivity index (χ0v) is 12.2. The molecule has 0 saturated carbocycles. The molecule has 0 aliphatic heterocycles. The monoisotopic (exact) mass is 303 g/mol. The van der Waals surface area contributed by atoms with Gasteiger partial charge in [-0.25, -0.2) is 5.43 Å². The normalized spacial score (nSPS) is 11.0. The van der Waals surface area contributed by atoms with Crippen LogP contribution in [-0.4, -0.2) is 23.2 Å². The van der Waals surface area contributed by atoms with Crippen molar-refractivity contribution < 1.29 is 9.53 Å². The lowest BCUT2D eigenvalue weighted by Gasteiger charge is -2.05. The topological polar surface area (TPSA) is 63.6 Å². The first-order chi connectivity index (χ1) is 10.1. The third kappa shape index (κ3) is 4.89. The molecule has 1 heterocycles. The lowest BCUT2D eigenvalue weighted by Crippen LogP contribution is -2.25. The highest BCUT2D eigenvalue weighted by Crippen LogP contribution is 2.15. The molecule has 1 aromatic carbocycles. The predicted molar refractivity (Wildman–Crippen MR) is 81.5 cm³/mol. The van der Waals surface area contributed by atoms with E-state index in [9.17, 15) is 4.79 Å². The van der Waals surface area contributed by atoms with Gasteiger partial charge in [0.2, 0.25) is 0 Å². The summed E-state index contributed by atoms with van der Waals surface area (Å²) in [6.45, 7) is 1.64. The smallest absolute Gasteiger partial charge is 0.277 e. The number of hydrogen-bond acceptors (Lipinski definition) is 4. The van der Waals surface area contributed by atoms with Crippen molar-refractivity contribution in [3.05, 3.63) is 59.4 Å².